The molecule has 0 bridgehead atoms. The Bertz CT molecular complexity index is 539. The fourth-order valence-electron chi connectivity index (χ4n) is 3.18. The van der Waals surface area contributed by atoms with Crippen LogP contribution in [0.15, 0.2) is 24.3 Å². The van der Waals surface area contributed by atoms with E-state index < -0.39 is 6.10 Å². The van der Waals surface area contributed by atoms with E-state index in [-0.39, 0.29) is 18.1 Å². The third kappa shape index (κ3) is 3.43. The zero-order valence-electron chi connectivity index (χ0n) is 13.4. The number of aliphatic hydroxyl groups excluding tert-OH is 1. The number of hydrogen-bond donors (Lipinski definition) is 1. The Labute approximate surface area is 132 Å². The zero-order valence-corrected chi connectivity index (χ0v) is 13.4. The normalized spacial score (nSPS) is 25.6. The molecule has 120 valence electrons. The maximum Gasteiger partial charge on any atom is 0.223 e. The van der Waals surface area contributed by atoms with Crippen LogP contribution in [0, 0.1) is 5.92 Å². The van der Waals surface area contributed by atoms with Gasteiger partial charge in [-0.2, -0.15) is 0 Å². The first kappa shape index (κ1) is 15.3. The minimum Gasteiger partial charge on any atom is -0.491 e. The molecule has 2 atom stereocenters. The van der Waals surface area contributed by atoms with Crippen LogP contribution in [0.25, 0.3) is 0 Å². The molecule has 1 aliphatic carbocycles. The lowest BCUT2D eigenvalue weighted by molar-refractivity contribution is -0.142. The minimum atomic E-state index is -0.495. The summed E-state index contributed by atoms with van der Waals surface area (Å²) < 4.78 is 5.75. The van der Waals surface area contributed by atoms with Crippen molar-refractivity contribution < 1.29 is 14.6 Å². The summed E-state index contributed by atoms with van der Waals surface area (Å²) >= 11 is 0. The Balaban J connectivity index is 1.86. The van der Waals surface area contributed by atoms with Crippen LogP contribution >= 0.6 is 0 Å². The highest BCUT2D eigenvalue weighted by Crippen LogP contribution is 2.38. The topological polar surface area (TPSA) is 49.8 Å². The molecule has 1 aromatic rings. The average molecular weight is 303 g/mol. The van der Waals surface area contributed by atoms with E-state index in [1.165, 1.54) is 12.8 Å². The van der Waals surface area contributed by atoms with Gasteiger partial charge in [-0.15, -0.1) is 0 Å². The second-order valence-corrected chi connectivity index (χ2v) is 6.78. The van der Waals surface area contributed by atoms with Crippen molar-refractivity contribution in [2.24, 2.45) is 5.92 Å². The van der Waals surface area contributed by atoms with E-state index >= 15 is 0 Å². The number of aliphatic hydroxyl groups is 1. The van der Waals surface area contributed by atoms with Gasteiger partial charge in [-0.05, 0) is 56.7 Å². The van der Waals surface area contributed by atoms with Crippen molar-refractivity contribution in [1.82, 2.24) is 4.90 Å². The number of carbonyl (C=O) groups excluding carboxylic acids is 1. The number of hydrogen-bond acceptors (Lipinski definition) is 3. The summed E-state index contributed by atoms with van der Waals surface area (Å²) in [5, 5.41) is 10.5. The minimum absolute atomic E-state index is 0.107. The summed E-state index contributed by atoms with van der Waals surface area (Å²) in [5.41, 5.74) is 0.972. The number of carbonyl (C=O) groups is 1. The molecule has 1 saturated heterocycles. The highest BCUT2D eigenvalue weighted by atomic mass is 16.5. The lowest BCUT2D eigenvalue weighted by Crippen LogP contribution is -2.46. The van der Waals surface area contributed by atoms with Gasteiger partial charge < -0.3 is 14.7 Å². The van der Waals surface area contributed by atoms with Crippen LogP contribution in [0.4, 0.5) is 0 Å². The van der Waals surface area contributed by atoms with Gasteiger partial charge in [0, 0.05) is 13.0 Å². The van der Waals surface area contributed by atoms with Gasteiger partial charge in [-0.1, -0.05) is 12.1 Å². The maximum atomic E-state index is 12.3. The van der Waals surface area contributed by atoms with Crippen molar-refractivity contribution in [3.05, 3.63) is 29.8 Å². The number of ether oxygens (including phenoxy) is 1. The van der Waals surface area contributed by atoms with Crippen molar-refractivity contribution in [2.45, 2.75) is 57.8 Å². The number of nitrogens with zero attached hydrogens (tertiary/aromatic N) is 1. The van der Waals surface area contributed by atoms with Gasteiger partial charge in [0.2, 0.25) is 5.91 Å². The van der Waals surface area contributed by atoms with Crippen LogP contribution in [-0.4, -0.2) is 34.7 Å². The molecular weight excluding hydrogens is 278 g/mol. The average Bonchev–Trinajstić information content (AvgIpc) is 3.27. The molecule has 2 fully saturated rings. The predicted molar refractivity (Wildman–Crippen MR) is 84.6 cm³/mol. The van der Waals surface area contributed by atoms with E-state index in [4.69, 9.17) is 4.74 Å². The number of amides is 1. The number of rotatable bonds is 5. The molecule has 1 amide bonds. The Morgan fingerprint density at radius 2 is 2.09 bits per heavy atom. The number of likely N-dealkylation sites (tertiary alicyclic amines) is 1. The first-order valence-electron chi connectivity index (χ1n) is 8.28. The monoisotopic (exact) mass is 303 g/mol. The highest BCUT2D eigenvalue weighted by molar-refractivity contribution is 5.78. The lowest BCUT2D eigenvalue weighted by Gasteiger charge is -2.39. The van der Waals surface area contributed by atoms with Crippen molar-refractivity contribution in [3.8, 4) is 5.75 Å². The Morgan fingerprint density at radius 3 is 2.77 bits per heavy atom. The van der Waals surface area contributed by atoms with Gasteiger partial charge in [-0.25, -0.2) is 0 Å². The third-order valence-electron chi connectivity index (χ3n) is 4.40. The third-order valence-corrected chi connectivity index (χ3v) is 4.40. The SMILES string of the molecule is CC(C)Oc1cccc([C@@H]2[C@@H](O)CCC(=O)N2CC2CC2)c1. The van der Waals surface area contributed by atoms with E-state index in [9.17, 15) is 9.90 Å². The van der Waals surface area contributed by atoms with Gasteiger partial charge in [0.1, 0.15) is 5.75 Å². The molecule has 0 unspecified atom stereocenters. The van der Waals surface area contributed by atoms with Crippen molar-refractivity contribution >= 4 is 5.91 Å². The van der Waals surface area contributed by atoms with Gasteiger partial charge in [-0.3, -0.25) is 4.79 Å². The lowest BCUT2D eigenvalue weighted by atomic mass is 9.91. The molecule has 4 nitrogen and oxygen atoms in total. The quantitative estimate of drug-likeness (QED) is 0.910. The molecule has 1 aromatic carbocycles. The number of piperidine rings is 1. The van der Waals surface area contributed by atoms with Crippen LogP contribution in [0.2, 0.25) is 0 Å². The highest BCUT2D eigenvalue weighted by Gasteiger charge is 2.38. The summed E-state index contributed by atoms with van der Waals surface area (Å²) in [6.07, 6.45) is 3.00. The zero-order chi connectivity index (χ0) is 15.7. The predicted octanol–water partition coefficient (Wildman–Crippen LogP) is 2.91. The van der Waals surface area contributed by atoms with E-state index in [1.54, 1.807) is 0 Å². The van der Waals surface area contributed by atoms with Crippen LogP contribution in [0.5, 0.6) is 5.75 Å². The van der Waals surface area contributed by atoms with E-state index in [0.717, 1.165) is 17.9 Å². The van der Waals surface area contributed by atoms with Crippen LogP contribution in [0.1, 0.15) is 51.1 Å². The largest absolute Gasteiger partial charge is 0.491 e. The van der Waals surface area contributed by atoms with Gasteiger partial charge in [0.15, 0.2) is 0 Å². The summed E-state index contributed by atoms with van der Waals surface area (Å²) in [6.45, 7) is 4.76. The summed E-state index contributed by atoms with van der Waals surface area (Å²) in [7, 11) is 0. The smallest absolute Gasteiger partial charge is 0.223 e. The van der Waals surface area contributed by atoms with Gasteiger partial charge in [0.05, 0.1) is 18.2 Å². The molecular formula is C18H25NO3. The van der Waals surface area contributed by atoms with Crippen LogP contribution in [0.3, 0.4) is 0 Å². The molecule has 22 heavy (non-hydrogen) atoms. The van der Waals surface area contributed by atoms with E-state index in [2.05, 4.69) is 0 Å². The maximum absolute atomic E-state index is 12.3. The molecule has 2 aliphatic rings. The molecule has 1 N–H and O–H groups in total. The molecule has 1 heterocycles. The van der Waals surface area contributed by atoms with Crippen LogP contribution < -0.4 is 4.74 Å². The molecule has 1 saturated carbocycles. The van der Waals surface area contributed by atoms with E-state index in [0.29, 0.717) is 18.8 Å². The Hall–Kier alpha value is -1.55. The molecule has 1 aliphatic heterocycles. The first-order valence-corrected chi connectivity index (χ1v) is 8.28. The summed E-state index contributed by atoms with van der Waals surface area (Å²) in [6, 6.07) is 7.57. The molecule has 0 spiro atoms. The molecule has 0 aromatic heterocycles. The second-order valence-electron chi connectivity index (χ2n) is 6.78. The Kier molecular flexibility index (Phi) is 4.39. The van der Waals surface area contributed by atoms with Crippen molar-refractivity contribution in [1.29, 1.82) is 0 Å². The van der Waals surface area contributed by atoms with Crippen molar-refractivity contribution in [2.75, 3.05) is 6.54 Å². The standard InChI is InChI=1S/C18H25NO3/c1-12(2)22-15-5-3-4-14(10-15)18-16(20)8-9-17(21)19(18)11-13-6-7-13/h3-5,10,12-13,16,18,20H,6-9,11H2,1-2H3/t16-,18+/m0/s1. The van der Waals surface area contributed by atoms with E-state index in [1.807, 2.05) is 43.0 Å². The first-order chi connectivity index (χ1) is 10.5. The number of benzene rings is 1. The van der Waals surface area contributed by atoms with Crippen LogP contribution in [-0.2, 0) is 4.79 Å². The summed E-state index contributed by atoms with van der Waals surface area (Å²) in [4.78, 5) is 14.2. The van der Waals surface area contributed by atoms with Gasteiger partial charge >= 0.3 is 0 Å². The fourth-order valence-corrected chi connectivity index (χ4v) is 3.18. The Morgan fingerprint density at radius 1 is 1.32 bits per heavy atom. The van der Waals surface area contributed by atoms with Gasteiger partial charge in [0.25, 0.3) is 0 Å². The molecule has 4 heteroatoms. The molecule has 3 rings (SSSR count). The summed E-state index contributed by atoms with van der Waals surface area (Å²) in [5.74, 6) is 1.58. The fraction of sp³-hybridized carbons (Fsp3) is 0.611. The van der Waals surface area contributed by atoms with Crippen molar-refractivity contribution in [3.63, 3.8) is 0 Å². The second kappa shape index (κ2) is 6.29. The molecule has 0 radical (unpaired) electrons.